The zero-order valence-electron chi connectivity index (χ0n) is 11.9. The first-order valence-electron chi connectivity index (χ1n) is 6.57. The number of hydrogen-bond acceptors (Lipinski definition) is 4. The predicted molar refractivity (Wildman–Crippen MR) is 73.7 cm³/mol. The molecule has 0 heterocycles. The number of rotatable bonds is 9. The van der Waals surface area contributed by atoms with E-state index in [2.05, 4.69) is 5.32 Å². The first-order valence-corrected chi connectivity index (χ1v) is 6.57. The fourth-order valence-electron chi connectivity index (χ4n) is 1.63. The maximum Gasteiger partial charge on any atom is 0.320 e. The summed E-state index contributed by atoms with van der Waals surface area (Å²) >= 11 is 0. The molecule has 1 amide bonds. The lowest BCUT2D eigenvalue weighted by Crippen LogP contribution is -2.32. The van der Waals surface area contributed by atoms with Gasteiger partial charge in [0.2, 0.25) is 5.91 Å². The summed E-state index contributed by atoms with van der Waals surface area (Å²) in [5.41, 5.74) is 5.36. The van der Waals surface area contributed by atoms with E-state index >= 15 is 0 Å². The van der Waals surface area contributed by atoms with Crippen molar-refractivity contribution in [2.24, 2.45) is 11.7 Å². The Kier molecular flexibility index (Phi) is 13.6. The summed E-state index contributed by atoms with van der Waals surface area (Å²) in [6, 6.07) is -0.787. The van der Waals surface area contributed by atoms with Crippen LogP contribution in [0.1, 0.15) is 46.0 Å². The van der Waals surface area contributed by atoms with Gasteiger partial charge in [0.25, 0.3) is 0 Å². The number of amides is 1. The number of nitrogens with two attached hydrogens (primary N) is 1. The molecular formula is C13H26N2O4. The Morgan fingerprint density at radius 1 is 1.21 bits per heavy atom. The molecule has 112 valence electrons. The molecule has 6 heteroatoms. The second-order valence-corrected chi connectivity index (χ2v) is 4.24. The minimum atomic E-state index is -0.967. The van der Waals surface area contributed by atoms with Crippen LogP contribution in [0.3, 0.4) is 0 Å². The number of carbonyl (C=O) groups excluding carboxylic acids is 2. The van der Waals surface area contributed by atoms with Gasteiger partial charge in [-0.2, -0.15) is 0 Å². The van der Waals surface area contributed by atoms with Crippen LogP contribution in [0.4, 0.5) is 0 Å². The van der Waals surface area contributed by atoms with Crippen LogP contribution >= 0.6 is 0 Å². The molecule has 4 N–H and O–H groups in total. The largest absolute Gasteiger partial charge is 0.480 e. The number of nitrogens with one attached hydrogen (secondary N) is 1. The third-order valence-electron chi connectivity index (χ3n) is 2.91. The van der Waals surface area contributed by atoms with Gasteiger partial charge in [-0.15, -0.1) is 0 Å². The van der Waals surface area contributed by atoms with E-state index in [4.69, 9.17) is 15.6 Å². The van der Waals surface area contributed by atoms with Crippen molar-refractivity contribution < 1.29 is 19.5 Å². The Bertz CT molecular complexity index is 255. The molecule has 0 aliphatic heterocycles. The first kappa shape index (κ1) is 19.9. The molecule has 0 saturated heterocycles. The number of carbonyl (C=O) groups is 3. The van der Waals surface area contributed by atoms with E-state index < -0.39 is 12.0 Å². The number of hydrogen-bond donors (Lipinski definition) is 3. The van der Waals surface area contributed by atoms with E-state index in [1.165, 1.54) is 0 Å². The van der Waals surface area contributed by atoms with E-state index in [1.807, 2.05) is 20.6 Å². The fourth-order valence-corrected chi connectivity index (χ4v) is 1.63. The molecule has 0 saturated carbocycles. The van der Waals surface area contributed by atoms with Crippen LogP contribution in [0.2, 0.25) is 0 Å². The Balaban J connectivity index is 0. The molecule has 0 radical (unpaired) electrons. The summed E-state index contributed by atoms with van der Waals surface area (Å²) in [6.07, 6.45) is 3.65. The highest BCUT2D eigenvalue weighted by atomic mass is 16.4. The predicted octanol–water partition coefficient (Wildman–Crippen LogP) is 0.936. The van der Waals surface area contributed by atoms with Crippen LogP contribution in [0, 0.1) is 5.92 Å². The SMILES string of the molecule is C=O.CCC(CC)C(=O)NCCCCC(N)C(=O)O. The van der Waals surface area contributed by atoms with E-state index in [-0.39, 0.29) is 11.8 Å². The Morgan fingerprint density at radius 3 is 2.16 bits per heavy atom. The molecule has 0 aliphatic carbocycles. The summed E-state index contributed by atoms with van der Waals surface area (Å²) in [4.78, 5) is 30.0. The minimum Gasteiger partial charge on any atom is -0.480 e. The molecule has 1 atom stereocenters. The van der Waals surface area contributed by atoms with Gasteiger partial charge in [0.15, 0.2) is 0 Å². The van der Waals surface area contributed by atoms with Crippen LogP contribution in [0.15, 0.2) is 0 Å². The van der Waals surface area contributed by atoms with Crippen LogP contribution in [-0.2, 0) is 14.4 Å². The summed E-state index contributed by atoms with van der Waals surface area (Å²) < 4.78 is 0. The lowest BCUT2D eigenvalue weighted by atomic mass is 10.0. The average molecular weight is 274 g/mol. The maximum absolute atomic E-state index is 11.6. The van der Waals surface area contributed by atoms with E-state index in [0.29, 0.717) is 13.0 Å². The number of unbranched alkanes of at least 4 members (excludes halogenated alkanes) is 1. The summed E-state index contributed by atoms with van der Waals surface area (Å²) in [7, 11) is 0. The fraction of sp³-hybridized carbons (Fsp3) is 0.769. The Labute approximate surface area is 114 Å². The summed E-state index contributed by atoms with van der Waals surface area (Å²) in [5, 5.41) is 11.4. The molecule has 0 rings (SSSR count). The number of carboxylic acid groups (broad SMARTS) is 1. The number of aliphatic carboxylic acids is 1. The van der Waals surface area contributed by atoms with E-state index in [1.54, 1.807) is 0 Å². The van der Waals surface area contributed by atoms with Crippen molar-refractivity contribution in [3.63, 3.8) is 0 Å². The van der Waals surface area contributed by atoms with Crippen LogP contribution in [0.25, 0.3) is 0 Å². The van der Waals surface area contributed by atoms with Crippen molar-refractivity contribution in [3.05, 3.63) is 0 Å². The zero-order chi connectivity index (χ0) is 15.3. The topological polar surface area (TPSA) is 109 Å². The summed E-state index contributed by atoms with van der Waals surface area (Å²) in [6.45, 7) is 6.60. The molecule has 6 nitrogen and oxygen atoms in total. The molecule has 1 unspecified atom stereocenters. The lowest BCUT2D eigenvalue weighted by Gasteiger charge is -2.12. The molecule has 0 aliphatic rings. The first-order chi connectivity index (χ1) is 9.02. The van der Waals surface area contributed by atoms with Crippen LogP contribution < -0.4 is 11.1 Å². The van der Waals surface area contributed by atoms with Gasteiger partial charge >= 0.3 is 5.97 Å². The van der Waals surface area contributed by atoms with E-state index in [0.717, 1.165) is 25.7 Å². The lowest BCUT2D eigenvalue weighted by molar-refractivity contribution is -0.138. The smallest absolute Gasteiger partial charge is 0.320 e. The van der Waals surface area contributed by atoms with Crippen molar-refractivity contribution in [2.75, 3.05) is 6.54 Å². The highest BCUT2D eigenvalue weighted by Crippen LogP contribution is 2.07. The number of carboxylic acids is 1. The van der Waals surface area contributed by atoms with Gasteiger partial charge in [-0.3, -0.25) is 9.59 Å². The van der Waals surface area contributed by atoms with Crippen molar-refractivity contribution in [2.45, 2.75) is 52.0 Å². The zero-order valence-corrected chi connectivity index (χ0v) is 11.9. The monoisotopic (exact) mass is 274 g/mol. The maximum atomic E-state index is 11.6. The normalized spacial score (nSPS) is 11.4. The molecule has 0 aromatic heterocycles. The van der Waals surface area contributed by atoms with Gasteiger partial charge in [0, 0.05) is 12.5 Å². The third-order valence-corrected chi connectivity index (χ3v) is 2.91. The van der Waals surface area contributed by atoms with Crippen molar-refractivity contribution in [3.8, 4) is 0 Å². The molecule has 0 fully saturated rings. The molecule has 0 aromatic carbocycles. The van der Waals surface area contributed by atoms with Gasteiger partial charge in [0.05, 0.1) is 0 Å². The average Bonchev–Trinajstić information content (AvgIpc) is 2.41. The van der Waals surface area contributed by atoms with Crippen LogP contribution in [-0.4, -0.2) is 36.4 Å². The molecule has 0 aromatic rings. The molecule has 19 heavy (non-hydrogen) atoms. The Hall–Kier alpha value is -1.43. The van der Waals surface area contributed by atoms with E-state index in [9.17, 15) is 9.59 Å². The highest BCUT2D eigenvalue weighted by molar-refractivity contribution is 5.78. The van der Waals surface area contributed by atoms with Crippen molar-refractivity contribution in [1.29, 1.82) is 0 Å². The third kappa shape index (κ3) is 10.2. The second kappa shape index (κ2) is 13.0. The van der Waals surface area contributed by atoms with Gasteiger partial charge in [-0.05, 0) is 32.1 Å². The molecule has 0 bridgehead atoms. The van der Waals surface area contributed by atoms with Gasteiger partial charge in [-0.25, -0.2) is 0 Å². The second-order valence-electron chi connectivity index (χ2n) is 4.24. The Morgan fingerprint density at radius 2 is 1.74 bits per heavy atom. The van der Waals surface area contributed by atoms with Gasteiger partial charge < -0.3 is 21.0 Å². The summed E-state index contributed by atoms with van der Waals surface area (Å²) in [5.74, 6) is -0.778. The molecular weight excluding hydrogens is 248 g/mol. The van der Waals surface area contributed by atoms with Gasteiger partial charge in [0.1, 0.15) is 12.8 Å². The quantitative estimate of drug-likeness (QED) is 0.542. The standard InChI is InChI=1S/C12H24N2O3.CH2O/c1-3-9(4-2)11(15)14-8-6-5-7-10(13)12(16)17;1-2/h9-10H,3-8,13H2,1-2H3,(H,14,15)(H,16,17);1H2. The van der Waals surface area contributed by atoms with Crippen molar-refractivity contribution in [1.82, 2.24) is 5.32 Å². The highest BCUT2D eigenvalue weighted by Gasteiger charge is 2.13. The van der Waals surface area contributed by atoms with Crippen LogP contribution in [0.5, 0.6) is 0 Å². The minimum absolute atomic E-state index is 0.0938. The van der Waals surface area contributed by atoms with Gasteiger partial charge in [-0.1, -0.05) is 13.8 Å². The molecule has 0 spiro atoms. The van der Waals surface area contributed by atoms with Crippen molar-refractivity contribution >= 4 is 18.7 Å².